The molecule has 2 rings (SSSR count). The lowest BCUT2D eigenvalue weighted by Gasteiger charge is -2.24. The summed E-state index contributed by atoms with van der Waals surface area (Å²) in [6, 6.07) is 9.73. The van der Waals surface area contributed by atoms with E-state index in [1.165, 1.54) is 0 Å². The Balaban J connectivity index is 2.63. The van der Waals surface area contributed by atoms with Crippen LogP contribution in [0.3, 0.4) is 0 Å². The van der Waals surface area contributed by atoms with E-state index in [4.69, 9.17) is 4.74 Å². The highest BCUT2D eigenvalue weighted by molar-refractivity contribution is 9.10. The van der Waals surface area contributed by atoms with Crippen molar-refractivity contribution >= 4 is 38.4 Å². The van der Waals surface area contributed by atoms with Gasteiger partial charge >= 0.3 is 5.97 Å². The molecule has 0 unspecified atom stereocenters. The van der Waals surface area contributed by atoms with Crippen LogP contribution in [0.1, 0.15) is 38.1 Å². The van der Waals surface area contributed by atoms with E-state index in [1.54, 1.807) is 0 Å². The Kier molecular flexibility index (Phi) is 4.57. The van der Waals surface area contributed by atoms with Gasteiger partial charge in [-0.15, -0.1) is 0 Å². The normalized spacial score (nSPS) is 11.5. The molecule has 0 heterocycles. The molecular weight excluding hydrogens is 330 g/mol. The number of nitrogens with one attached hydrogen (secondary N) is 1. The predicted molar refractivity (Wildman–Crippen MR) is 91.0 cm³/mol. The monoisotopic (exact) mass is 349 g/mol. The molecule has 0 saturated carbocycles. The van der Waals surface area contributed by atoms with Crippen LogP contribution in [0.4, 0.5) is 5.69 Å². The number of ether oxygens (including phenoxy) is 1. The minimum Gasteiger partial charge on any atom is -0.462 e. The van der Waals surface area contributed by atoms with E-state index >= 15 is 0 Å². The summed E-state index contributed by atoms with van der Waals surface area (Å²) < 4.78 is 6.08. The number of fused-ring (bicyclic) bond motifs is 1. The molecule has 0 atom stereocenters. The van der Waals surface area contributed by atoms with Gasteiger partial charge in [-0.2, -0.15) is 0 Å². The molecule has 1 N–H and O–H groups in total. The molecule has 0 aliphatic heterocycles. The Bertz CT molecular complexity index is 674. The van der Waals surface area contributed by atoms with E-state index in [0.717, 1.165) is 20.9 Å². The minimum absolute atomic E-state index is 0.0947. The van der Waals surface area contributed by atoms with Crippen LogP contribution in [0.2, 0.25) is 0 Å². The zero-order valence-electron chi connectivity index (χ0n) is 12.8. The summed E-state index contributed by atoms with van der Waals surface area (Å²) in [5, 5.41) is 5.53. The van der Waals surface area contributed by atoms with E-state index in [1.807, 2.05) is 37.3 Å². The molecule has 2 aromatic carbocycles. The van der Waals surface area contributed by atoms with Gasteiger partial charge in [0.1, 0.15) is 0 Å². The third-order valence-corrected chi connectivity index (χ3v) is 3.66. The van der Waals surface area contributed by atoms with Crippen molar-refractivity contribution in [2.45, 2.75) is 33.2 Å². The van der Waals surface area contributed by atoms with E-state index < -0.39 is 0 Å². The van der Waals surface area contributed by atoms with Gasteiger partial charge in [0.2, 0.25) is 0 Å². The topological polar surface area (TPSA) is 38.3 Å². The number of halogens is 1. The molecule has 0 aliphatic rings. The van der Waals surface area contributed by atoms with Gasteiger partial charge < -0.3 is 10.1 Å². The first kappa shape index (κ1) is 15.8. The van der Waals surface area contributed by atoms with Crippen LogP contribution < -0.4 is 5.32 Å². The quantitative estimate of drug-likeness (QED) is 0.793. The number of carbonyl (C=O) groups excluding carboxylic acids is 1. The van der Waals surface area contributed by atoms with E-state index in [2.05, 4.69) is 42.0 Å². The number of carbonyl (C=O) groups is 1. The highest BCUT2D eigenvalue weighted by Crippen LogP contribution is 2.32. The summed E-state index contributed by atoms with van der Waals surface area (Å²) in [5.41, 5.74) is 1.40. The van der Waals surface area contributed by atoms with Crippen molar-refractivity contribution in [1.29, 1.82) is 0 Å². The zero-order chi connectivity index (χ0) is 15.6. The fourth-order valence-electron chi connectivity index (χ4n) is 2.19. The molecule has 0 aromatic heterocycles. The fourth-order valence-corrected chi connectivity index (χ4v) is 2.67. The Morgan fingerprint density at radius 1 is 1.24 bits per heavy atom. The van der Waals surface area contributed by atoms with Gasteiger partial charge in [-0.25, -0.2) is 4.79 Å². The largest absolute Gasteiger partial charge is 0.462 e. The van der Waals surface area contributed by atoms with Crippen LogP contribution in [0.5, 0.6) is 0 Å². The smallest absolute Gasteiger partial charge is 0.338 e. The zero-order valence-corrected chi connectivity index (χ0v) is 14.4. The van der Waals surface area contributed by atoms with Crippen molar-refractivity contribution in [2.75, 3.05) is 11.9 Å². The Morgan fingerprint density at radius 2 is 1.95 bits per heavy atom. The molecule has 0 amide bonds. The minimum atomic E-state index is -0.299. The number of hydrogen-bond acceptors (Lipinski definition) is 3. The van der Waals surface area contributed by atoms with Crippen LogP contribution in [0, 0.1) is 0 Å². The molecule has 4 heteroatoms. The Labute approximate surface area is 133 Å². The highest BCUT2D eigenvalue weighted by Gasteiger charge is 2.16. The first-order chi connectivity index (χ1) is 9.81. The molecule has 21 heavy (non-hydrogen) atoms. The number of rotatable bonds is 3. The summed E-state index contributed by atoms with van der Waals surface area (Å²) in [5.74, 6) is -0.299. The third kappa shape index (κ3) is 3.76. The second-order valence-corrected chi connectivity index (χ2v) is 6.81. The number of benzene rings is 2. The van der Waals surface area contributed by atoms with Gasteiger partial charge in [0.15, 0.2) is 0 Å². The lowest BCUT2D eigenvalue weighted by Crippen LogP contribution is -2.26. The molecule has 3 nitrogen and oxygen atoms in total. The standard InChI is InChI=1S/C17H20BrNO2/c1-5-21-16(20)11-9-13-12(7-6-8-14(13)18)15(10-11)19-17(2,3)4/h6-10,19H,5H2,1-4H3. The van der Waals surface area contributed by atoms with Gasteiger partial charge in [-0.3, -0.25) is 0 Å². The van der Waals surface area contributed by atoms with Gasteiger partial charge in [-0.1, -0.05) is 28.1 Å². The average molecular weight is 350 g/mol. The van der Waals surface area contributed by atoms with Crippen molar-refractivity contribution in [1.82, 2.24) is 0 Å². The molecule has 0 aliphatic carbocycles. The summed E-state index contributed by atoms with van der Waals surface area (Å²) >= 11 is 3.55. The van der Waals surface area contributed by atoms with Crippen LogP contribution in [0.15, 0.2) is 34.8 Å². The van der Waals surface area contributed by atoms with Crippen LogP contribution >= 0.6 is 15.9 Å². The summed E-state index contributed by atoms with van der Waals surface area (Å²) in [6.45, 7) is 8.45. The van der Waals surface area contributed by atoms with Crippen molar-refractivity contribution in [2.24, 2.45) is 0 Å². The number of hydrogen-bond donors (Lipinski definition) is 1. The summed E-state index contributed by atoms with van der Waals surface area (Å²) in [7, 11) is 0. The van der Waals surface area contributed by atoms with E-state index in [9.17, 15) is 4.79 Å². The third-order valence-electron chi connectivity index (χ3n) is 2.96. The maximum atomic E-state index is 12.1. The summed E-state index contributed by atoms with van der Waals surface area (Å²) in [4.78, 5) is 12.1. The summed E-state index contributed by atoms with van der Waals surface area (Å²) in [6.07, 6.45) is 0. The van der Waals surface area contributed by atoms with Gasteiger partial charge in [0, 0.05) is 21.1 Å². The second kappa shape index (κ2) is 6.06. The second-order valence-electron chi connectivity index (χ2n) is 5.95. The molecular formula is C17H20BrNO2. The van der Waals surface area contributed by atoms with Crippen LogP contribution in [-0.2, 0) is 4.74 Å². The SMILES string of the molecule is CCOC(=O)c1cc(NC(C)(C)C)c2cccc(Br)c2c1. The molecule has 112 valence electrons. The van der Waals surface area contributed by atoms with Gasteiger partial charge in [0.05, 0.1) is 12.2 Å². The Hall–Kier alpha value is -1.55. The molecule has 2 aromatic rings. The van der Waals surface area contributed by atoms with Crippen LogP contribution in [0.25, 0.3) is 10.8 Å². The maximum Gasteiger partial charge on any atom is 0.338 e. The fraction of sp³-hybridized carbons (Fsp3) is 0.353. The van der Waals surface area contributed by atoms with E-state index in [0.29, 0.717) is 12.2 Å². The molecule has 0 bridgehead atoms. The number of anilines is 1. The van der Waals surface area contributed by atoms with E-state index in [-0.39, 0.29) is 11.5 Å². The Morgan fingerprint density at radius 3 is 2.57 bits per heavy atom. The van der Waals surface area contributed by atoms with Gasteiger partial charge in [-0.05, 0) is 51.3 Å². The molecule has 0 radical (unpaired) electrons. The molecule has 0 spiro atoms. The van der Waals surface area contributed by atoms with Crippen molar-refractivity contribution in [3.8, 4) is 0 Å². The highest BCUT2D eigenvalue weighted by atomic mass is 79.9. The van der Waals surface area contributed by atoms with Crippen molar-refractivity contribution in [3.05, 3.63) is 40.4 Å². The maximum absolute atomic E-state index is 12.1. The molecule has 0 saturated heterocycles. The van der Waals surface area contributed by atoms with Crippen LogP contribution in [-0.4, -0.2) is 18.1 Å². The van der Waals surface area contributed by atoms with Gasteiger partial charge in [0.25, 0.3) is 0 Å². The molecule has 0 fully saturated rings. The number of esters is 1. The average Bonchev–Trinajstić information content (AvgIpc) is 2.38. The first-order valence-corrected chi connectivity index (χ1v) is 7.78. The lowest BCUT2D eigenvalue weighted by atomic mass is 10.0. The lowest BCUT2D eigenvalue weighted by molar-refractivity contribution is 0.0526. The predicted octanol–water partition coefficient (Wildman–Crippen LogP) is 4.99. The first-order valence-electron chi connectivity index (χ1n) is 6.99. The van der Waals surface area contributed by atoms with Crippen molar-refractivity contribution < 1.29 is 9.53 Å². The van der Waals surface area contributed by atoms with Crippen molar-refractivity contribution in [3.63, 3.8) is 0 Å².